The molecule has 0 spiro atoms. The van der Waals surface area contributed by atoms with E-state index in [0.29, 0.717) is 22.0 Å². The molecule has 0 radical (unpaired) electrons. The Balaban J connectivity index is 1.61. The minimum Gasteiger partial charge on any atom is -0.497 e. The van der Waals surface area contributed by atoms with Gasteiger partial charge in [0.1, 0.15) is 11.3 Å². The number of nitrogens with one attached hydrogen (secondary N) is 3. The fourth-order valence-corrected chi connectivity index (χ4v) is 3.70. The molecule has 0 saturated carbocycles. The number of carbonyl (C=O) groups excluding carboxylic acids is 4. The van der Waals surface area contributed by atoms with Crippen LogP contribution in [0.4, 0.5) is 10.5 Å². The zero-order valence-electron chi connectivity index (χ0n) is 17.2. The van der Waals surface area contributed by atoms with Gasteiger partial charge in [-0.1, -0.05) is 12.1 Å². The lowest BCUT2D eigenvalue weighted by Gasteiger charge is -2.22. The molecule has 0 aliphatic carbocycles. The number of thioether (sulfide) groups is 1. The van der Waals surface area contributed by atoms with Gasteiger partial charge in [-0.25, -0.2) is 4.79 Å². The highest BCUT2D eigenvalue weighted by molar-refractivity contribution is 8.00. The molecule has 2 aromatic carbocycles. The lowest BCUT2D eigenvalue weighted by Crippen LogP contribution is -2.48. The summed E-state index contributed by atoms with van der Waals surface area (Å²) in [4.78, 5) is 49.5. The van der Waals surface area contributed by atoms with Crippen molar-refractivity contribution in [2.75, 3.05) is 18.2 Å². The number of nitrogens with zero attached hydrogens (tertiary/aromatic N) is 1. The Morgan fingerprint density at radius 3 is 2.52 bits per heavy atom. The molecule has 1 saturated heterocycles. The average molecular weight is 442 g/mol. The summed E-state index contributed by atoms with van der Waals surface area (Å²) >= 11 is 1.23. The largest absolute Gasteiger partial charge is 0.497 e. The Morgan fingerprint density at radius 2 is 1.87 bits per heavy atom. The molecule has 0 aromatic heterocycles. The van der Waals surface area contributed by atoms with Gasteiger partial charge in [0.25, 0.3) is 5.91 Å². The number of anilines is 1. The highest BCUT2D eigenvalue weighted by atomic mass is 32.2. The Bertz CT molecular complexity index is 1030. The first-order valence-corrected chi connectivity index (χ1v) is 10.3. The Morgan fingerprint density at radius 1 is 1.16 bits per heavy atom. The molecule has 31 heavy (non-hydrogen) atoms. The number of amides is 5. The van der Waals surface area contributed by atoms with Crippen molar-refractivity contribution in [2.24, 2.45) is 0 Å². The number of hydrogen-bond acceptors (Lipinski definition) is 6. The Kier molecular flexibility index (Phi) is 6.50. The van der Waals surface area contributed by atoms with Gasteiger partial charge in [-0.2, -0.15) is 5.01 Å². The fourth-order valence-electron chi connectivity index (χ4n) is 3.01. The maximum Gasteiger partial charge on any atom is 0.344 e. The molecule has 3 rings (SSSR count). The molecule has 2 aromatic rings. The quantitative estimate of drug-likeness (QED) is 0.447. The predicted molar refractivity (Wildman–Crippen MR) is 115 cm³/mol. The second-order valence-corrected chi connectivity index (χ2v) is 8.01. The highest BCUT2D eigenvalue weighted by Gasteiger charge is 2.50. The smallest absolute Gasteiger partial charge is 0.344 e. The topological polar surface area (TPSA) is 117 Å². The molecule has 0 bridgehead atoms. The third-order valence-electron chi connectivity index (χ3n) is 4.62. The van der Waals surface area contributed by atoms with Crippen molar-refractivity contribution in [2.45, 2.75) is 24.3 Å². The molecule has 1 heterocycles. The number of benzene rings is 2. The molecule has 5 amide bonds. The maximum absolute atomic E-state index is 12.9. The summed E-state index contributed by atoms with van der Waals surface area (Å²) in [5.41, 5.74) is 2.22. The van der Waals surface area contributed by atoms with Crippen LogP contribution in [0.1, 0.15) is 19.4 Å². The van der Waals surface area contributed by atoms with Crippen molar-refractivity contribution in [1.82, 2.24) is 15.8 Å². The van der Waals surface area contributed by atoms with E-state index in [-0.39, 0.29) is 11.7 Å². The molecule has 1 fully saturated rings. The normalized spacial score (nSPS) is 17.8. The van der Waals surface area contributed by atoms with Gasteiger partial charge in [0.05, 0.1) is 12.9 Å². The van der Waals surface area contributed by atoms with E-state index < -0.39 is 23.4 Å². The molecule has 1 aliphatic heterocycles. The second kappa shape index (κ2) is 9.09. The SMILES string of the molecule is COc1cccc(C2(C)NC(=O)N(NC(=O)CSc3ccc(NC(C)=O)cc3)C2=O)c1. The number of carbonyl (C=O) groups is 4. The number of rotatable bonds is 7. The summed E-state index contributed by atoms with van der Waals surface area (Å²) in [5.74, 6) is -0.733. The van der Waals surface area contributed by atoms with Crippen LogP contribution in [-0.4, -0.2) is 41.6 Å². The van der Waals surface area contributed by atoms with Gasteiger partial charge in [0.15, 0.2) is 0 Å². The van der Waals surface area contributed by atoms with Crippen molar-refractivity contribution in [3.05, 3.63) is 54.1 Å². The van der Waals surface area contributed by atoms with E-state index >= 15 is 0 Å². The monoisotopic (exact) mass is 442 g/mol. The van der Waals surface area contributed by atoms with Gasteiger partial charge in [-0.05, 0) is 48.9 Å². The van der Waals surface area contributed by atoms with E-state index in [4.69, 9.17) is 4.74 Å². The van der Waals surface area contributed by atoms with E-state index in [1.807, 2.05) is 0 Å². The zero-order valence-corrected chi connectivity index (χ0v) is 18.0. The molecule has 1 atom stereocenters. The number of methoxy groups -OCH3 is 1. The van der Waals surface area contributed by atoms with Crippen molar-refractivity contribution >= 4 is 41.2 Å². The Hall–Kier alpha value is -3.53. The average Bonchev–Trinajstić information content (AvgIpc) is 2.97. The van der Waals surface area contributed by atoms with Crippen LogP contribution < -0.4 is 20.8 Å². The number of hydrazine groups is 1. The third kappa shape index (κ3) is 4.97. The number of hydrogen-bond donors (Lipinski definition) is 3. The van der Waals surface area contributed by atoms with Crippen LogP contribution in [0.25, 0.3) is 0 Å². The summed E-state index contributed by atoms with van der Waals surface area (Å²) in [6, 6.07) is 13.1. The molecule has 162 valence electrons. The van der Waals surface area contributed by atoms with Gasteiger partial charge < -0.3 is 15.4 Å². The second-order valence-electron chi connectivity index (χ2n) is 6.96. The number of imide groups is 1. The van der Waals surface area contributed by atoms with Crippen LogP contribution in [0.15, 0.2) is 53.4 Å². The van der Waals surface area contributed by atoms with E-state index in [0.717, 1.165) is 4.90 Å². The highest BCUT2D eigenvalue weighted by Crippen LogP contribution is 2.30. The molecule has 10 heteroatoms. The van der Waals surface area contributed by atoms with Crippen molar-refractivity contribution < 1.29 is 23.9 Å². The van der Waals surface area contributed by atoms with Crippen LogP contribution in [0, 0.1) is 0 Å². The van der Waals surface area contributed by atoms with Crippen LogP contribution in [0.2, 0.25) is 0 Å². The summed E-state index contributed by atoms with van der Waals surface area (Å²) in [7, 11) is 1.51. The van der Waals surface area contributed by atoms with Gasteiger partial charge in [-0.3, -0.25) is 19.8 Å². The standard InChI is InChI=1S/C21H22N4O5S/c1-13(26)22-15-7-9-17(10-8-15)31-12-18(27)24-25-19(28)21(2,23-20(25)29)14-5-4-6-16(11-14)30-3/h4-11H,12H2,1-3H3,(H,22,26)(H,23,29)(H,24,27). The van der Waals surface area contributed by atoms with Crippen molar-refractivity contribution in [1.29, 1.82) is 0 Å². The zero-order chi connectivity index (χ0) is 22.6. The molecular weight excluding hydrogens is 420 g/mol. The summed E-state index contributed by atoms with van der Waals surface area (Å²) in [6.07, 6.45) is 0. The van der Waals surface area contributed by atoms with Gasteiger partial charge in [-0.15, -0.1) is 11.8 Å². The number of ether oxygens (including phenoxy) is 1. The number of urea groups is 1. The first-order chi connectivity index (χ1) is 14.7. The minimum atomic E-state index is -1.33. The van der Waals surface area contributed by atoms with E-state index in [1.54, 1.807) is 55.5 Å². The Labute approximate surface area is 183 Å². The fraction of sp³-hybridized carbons (Fsp3) is 0.238. The van der Waals surface area contributed by atoms with Crippen molar-refractivity contribution in [3.63, 3.8) is 0 Å². The lowest BCUT2D eigenvalue weighted by molar-refractivity contribution is -0.138. The summed E-state index contributed by atoms with van der Waals surface area (Å²) < 4.78 is 5.18. The maximum atomic E-state index is 12.9. The van der Waals surface area contributed by atoms with E-state index in [1.165, 1.54) is 25.8 Å². The van der Waals surface area contributed by atoms with Crippen LogP contribution in [-0.2, 0) is 19.9 Å². The van der Waals surface area contributed by atoms with Gasteiger partial charge in [0.2, 0.25) is 11.8 Å². The summed E-state index contributed by atoms with van der Waals surface area (Å²) in [5, 5.41) is 5.98. The van der Waals surface area contributed by atoms with E-state index in [9.17, 15) is 19.2 Å². The predicted octanol–water partition coefficient (Wildman–Crippen LogP) is 2.24. The first-order valence-electron chi connectivity index (χ1n) is 9.34. The van der Waals surface area contributed by atoms with Crippen LogP contribution in [0.3, 0.4) is 0 Å². The van der Waals surface area contributed by atoms with Gasteiger partial charge >= 0.3 is 6.03 Å². The summed E-state index contributed by atoms with van der Waals surface area (Å²) in [6.45, 7) is 2.99. The van der Waals surface area contributed by atoms with Gasteiger partial charge in [0, 0.05) is 17.5 Å². The molecule has 9 nitrogen and oxygen atoms in total. The minimum absolute atomic E-state index is 0.00752. The molecule has 1 aliphatic rings. The molecular formula is C21H22N4O5S. The van der Waals surface area contributed by atoms with Crippen LogP contribution >= 0.6 is 11.8 Å². The third-order valence-corrected chi connectivity index (χ3v) is 5.63. The molecule has 3 N–H and O–H groups in total. The van der Waals surface area contributed by atoms with E-state index in [2.05, 4.69) is 16.1 Å². The lowest BCUT2D eigenvalue weighted by atomic mass is 9.92. The van der Waals surface area contributed by atoms with Crippen molar-refractivity contribution in [3.8, 4) is 5.75 Å². The molecule has 1 unspecified atom stereocenters. The first kappa shape index (κ1) is 22.2. The van der Waals surface area contributed by atoms with Crippen LogP contribution in [0.5, 0.6) is 5.75 Å².